The van der Waals surface area contributed by atoms with Crippen molar-refractivity contribution >= 4 is 6.47 Å². The standard InChI is InChI=1S/C6H4.CH2O2/c1-2-6-4-3-5(1)6;2-1-3/h1-4H;1H,(H,2,3). The third kappa shape index (κ3) is 0.914. The van der Waals surface area contributed by atoms with Crippen LogP contribution in [0, 0.1) is 0 Å². The Morgan fingerprint density at radius 3 is 1.33 bits per heavy atom. The van der Waals surface area contributed by atoms with Gasteiger partial charge in [0.2, 0.25) is 0 Å². The first-order chi connectivity index (χ1) is 4.38. The fourth-order valence-electron chi connectivity index (χ4n) is 0.663. The summed E-state index contributed by atoms with van der Waals surface area (Å²) in [6.07, 6.45) is 0. The monoisotopic (exact) mass is 122 g/mol. The Morgan fingerprint density at radius 2 is 1.33 bits per heavy atom. The third-order valence-electron chi connectivity index (χ3n) is 1.22. The number of carboxylic acid groups (broad SMARTS) is 1. The largest absolute Gasteiger partial charge is 0.483 e. The van der Waals surface area contributed by atoms with Gasteiger partial charge in [-0.05, 0) is 11.1 Å². The minimum absolute atomic E-state index is 0.250. The van der Waals surface area contributed by atoms with Crippen LogP contribution in [0.15, 0.2) is 24.3 Å². The van der Waals surface area contributed by atoms with E-state index in [2.05, 4.69) is 24.3 Å². The number of rotatable bonds is 0. The zero-order valence-electron chi connectivity index (χ0n) is 4.74. The van der Waals surface area contributed by atoms with Crippen LogP contribution in [0.1, 0.15) is 0 Å². The van der Waals surface area contributed by atoms with Crippen LogP contribution in [-0.2, 0) is 4.79 Å². The maximum atomic E-state index is 8.36. The lowest BCUT2D eigenvalue weighted by Gasteiger charge is -2.10. The van der Waals surface area contributed by atoms with E-state index in [0.29, 0.717) is 0 Å². The van der Waals surface area contributed by atoms with E-state index in [1.165, 1.54) is 11.1 Å². The van der Waals surface area contributed by atoms with Gasteiger partial charge in [0.25, 0.3) is 6.47 Å². The smallest absolute Gasteiger partial charge is 0.290 e. The molecule has 0 fully saturated rings. The Bertz CT molecular complexity index is 180. The first kappa shape index (κ1) is 5.82. The van der Waals surface area contributed by atoms with E-state index in [-0.39, 0.29) is 6.47 Å². The average molecular weight is 122 g/mol. The summed E-state index contributed by atoms with van der Waals surface area (Å²) in [7, 11) is 0. The molecule has 2 nitrogen and oxygen atoms in total. The molecule has 2 heteroatoms. The summed E-state index contributed by atoms with van der Waals surface area (Å²) in [5.74, 6) is 0. The first-order valence-corrected chi connectivity index (χ1v) is 2.57. The van der Waals surface area contributed by atoms with Crippen molar-refractivity contribution in [3.8, 4) is 11.1 Å². The molecule has 2 aliphatic rings. The SMILES string of the molecule is O=CO.c1cc2ccc1-2. The molecule has 0 unspecified atom stereocenters. The van der Waals surface area contributed by atoms with Crippen molar-refractivity contribution in [2.45, 2.75) is 0 Å². The van der Waals surface area contributed by atoms with Crippen molar-refractivity contribution in [2.75, 3.05) is 0 Å². The third-order valence-corrected chi connectivity index (χ3v) is 1.22. The van der Waals surface area contributed by atoms with Crippen LogP contribution in [-0.4, -0.2) is 11.6 Å². The molecule has 1 N–H and O–H groups in total. The fourth-order valence-corrected chi connectivity index (χ4v) is 0.663. The van der Waals surface area contributed by atoms with Crippen LogP contribution < -0.4 is 0 Å². The van der Waals surface area contributed by atoms with Gasteiger partial charge in [0.1, 0.15) is 0 Å². The lowest BCUT2D eigenvalue weighted by atomic mass is 9.95. The van der Waals surface area contributed by atoms with Crippen molar-refractivity contribution in [1.82, 2.24) is 0 Å². The van der Waals surface area contributed by atoms with Gasteiger partial charge in [0.15, 0.2) is 0 Å². The van der Waals surface area contributed by atoms with Gasteiger partial charge >= 0.3 is 0 Å². The maximum Gasteiger partial charge on any atom is 0.290 e. The Balaban J connectivity index is 0.000000120. The van der Waals surface area contributed by atoms with Gasteiger partial charge in [-0.25, -0.2) is 0 Å². The summed E-state index contributed by atoms with van der Waals surface area (Å²) in [4.78, 5) is 8.36. The minimum Gasteiger partial charge on any atom is -0.483 e. The summed E-state index contributed by atoms with van der Waals surface area (Å²) in [6.45, 7) is -0.250. The summed E-state index contributed by atoms with van der Waals surface area (Å²) in [5, 5.41) is 6.89. The Hall–Kier alpha value is -1.31. The van der Waals surface area contributed by atoms with Crippen LogP contribution in [0.3, 0.4) is 0 Å². The average Bonchev–Trinajstić information content (AvgIpc) is 1.81. The molecule has 9 heavy (non-hydrogen) atoms. The normalized spacial score (nSPS) is 8.89. The zero-order valence-corrected chi connectivity index (χ0v) is 4.74. The van der Waals surface area contributed by atoms with Crippen molar-refractivity contribution in [3.63, 3.8) is 0 Å². The van der Waals surface area contributed by atoms with Crippen molar-refractivity contribution < 1.29 is 9.90 Å². The molecule has 0 aromatic carbocycles. The Morgan fingerprint density at radius 1 is 1.11 bits per heavy atom. The van der Waals surface area contributed by atoms with E-state index in [4.69, 9.17) is 9.90 Å². The summed E-state index contributed by atoms with van der Waals surface area (Å²) < 4.78 is 0. The molecule has 2 aliphatic carbocycles. The predicted octanol–water partition coefficient (Wildman–Crippen LogP) is 1.37. The molecule has 0 bridgehead atoms. The molecule has 46 valence electrons. The van der Waals surface area contributed by atoms with Gasteiger partial charge in [-0.1, -0.05) is 24.3 Å². The minimum atomic E-state index is -0.250. The molecule has 0 aromatic heterocycles. The fraction of sp³-hybridized carbons (Fsp3) is 0. The molecule has 0 aliphatic heterocycles. The van der Waals surface area contributed by atoms with Crippen molar-refractivity contribution in [1.29, 1.82) is 0 Å². The number of benzene rings is 1. The second-order valence-electron chi connectivity index (χ2n) is 1.68. The lowest BCUT2D eigenvalue weighted by Crippen LogP contribution is -1.85. The van der Waals surface area contributed by atoms with E-state index < -0.39 is 0 Å². The van der Waals surface area contributed by atoms with Gasteiger partial charge < -0.3 is 5.11 Å². The molecule has 0 spiro atoms. The molecule has 0 radical (unpaired) electrons. The van der Waals surface area contributed by atoms with Crippen molar-refractivity contribution in [2.24, 2.45) is 0 Å². The van der Waals surface area contributed by atoms with Gasteiger partial charge in [0.05, 0.1) is 0 Å². The van der Waals surface area contributed by atoms with Gasteiger partial charge in [-0.15, -0.1) is 0 Å². The second-order valence-corrected chi connectivity index (χ2v) is 1.68. The van der Waals surface area contributed by atoms with Crippen molar-refractivity contribution in [3.05, 3.63) is 24.3 Å². The van der Waals surface area contributed by atoms with Crippen LogP contribution in [0.25, 0.3) is 11.1 Å². The molecule has 0 saturated carbocycles. The van der Waals surface area contributed by atoms with E-state index in [0.717, 1.165) is 0 Å². The van der Waals surface area contributed by atoms with Crippen LogP contribution in [0.2, 0.25) is 0 Å². The molecule has 0 amide bonds. The van der Waals surface area contributed by atoms with Gasteiger partial charge in [-0.2, -0.15) is 0 Å². The summed E-state index contributed by atoms with van der Waals surface area (Å²) in [5.41, 5.74) is 2.85. The highest BCUT2D eigenvalue weighted by Gasteiger charge is 2.03. The molecule has 0 saturated heterocycles. The topological polar surface area (TPSA) is 37.3 Å². The Labute approximate surface area is 52.8 Å². The quantitative estimate of drug-likeness (QED) is 0.536. The van der Waals surface area contributed by atoms with Crippen LogP contribution in [0.4, 0.5) is 0 Å². The lowest BCUT2D eigenvalue weighted by molar-refractivity contribution is -0.122. The highest BCUT2D eigenvalue weighted by atomic mass is 16.3. The van der Waals surface area contributed by atoms with Crippen LogP contribution >= 0.6 is 0 Å². The maximum absolute atomic E-state index is 8.36. The highest BCUT2D eigenvalue weighted by molar-refractivity contribution is 5.75. The van der Waals surface area contributed by atoms with E-state index >= 15 is 0 Å². The number of hydrogen-bond acceptors (Lipinski definition) is 1. The van der Waals surface area contributed by atoms with E-state index in [9.17, 15) is 0 Å². The number of fused-ring (bicyclic) bond motifs is 1. The summed E-state index contributed by atoms with van der Waals surface area (Å²) in [6, 6.07) is 8.48. The van der Waals surface area contributed by atoms with E-state index in [1.54, 1.807) is 0 Å². The van der Waals surface area contributed by atoms with Gasteiger partial charge in [0, 0.05) is 0 Å². The molecule has 0 atom stereocenters. The van der Waals surface area contributed by atoms with Crippen LogP contribution in [0.5, 0.6) is 0 Å². The predicted molar refractivity (Wildman–Crippen MR) is 34.1 cm³/mol. The molecule has 2 rings (SSSR count). The highest BCUT2D eigenvalue weighted by Crippen LogP contribution is 2.29. The number of carbonyl (C=O) groups is 1. The first-order valence-electron chi connectivity index (χ1n) is 2.57. The van der Waals surface area contributed by atoms with Gasteiger partial charge in [-0.3, -0.25) is 4.79 Å². The summed E-state index contributed by atoms with van der Waals surface area (Å²) >= 11 is 0. The Kier molecular flexibility index (Phi) is 1.49. The number of hydrogen-bond donors (Lipinski definition) is 1. The zero-order chi connectivity index (χ0) is 6.69. The molecule has 0 heterocycles. The molecular weight excluding hydrogens is 116 g/mol. The second kappa shape index (κ2) is 2.31. The molecule has 0 aromatic rings. The molecular formula is C7H6O2. The van der Waals surface area contributed by atoms with E-state index in [1.807, 2.05) is 0 Å².